The number of halogens is 1. The Morgan fingerprint density at radius 2 is 1.85 bits per heavy atom. The second kappa shape index (κ2) is 5.64. The van der Waals surface area contributed by atoms with Crippen molar-refractivity contribution in [3.8, 4) is 11.5 Å². The van der Waals surface area contributed by atoms with Gasteiger partial charge in [-0.1, -0.05) is 11.6 Å². The van der Waals surface area contributed by atoms with Gasteiger partial charge in [0, 0.05) is 18.1 Å². The first-order valence-corrected chi connectivity index (χ1v) is 7.78. The van der Waals surface area contributed by atoms with Crippen LogP contribution in [0.25, 0.3) is 0 Å². The predicted molar refractivity (Wildman–Crippen MR) is 80.2 cm³/mol. The van der Waals surface area contributed by atoms with Gasteiger partial charge in [-0.25, -0.2) is 0 Å². The first-order chi connectivity index (χ1) is 9.66. The van der Waals surface area contributed by atoms with Gasteiger partial charge in [0.15, 0.2) is 11.5 Å². The fraction of sp³-hybridized carbons (Fsp3) is 0.333. The van der Waals surface area contributed by atoms with Gasteiger partial charge in [-0.2, -0.15) is 11.3 Å². The molecule has 0 radical (unpaired) electrons. The third-order valence-corrected chi connectivity index (χ3v) is 4.56. The number of rotatable bonds is 2. The lowest BCUT2D eigenvalue weighted by Crippen LogP contribution is -2.02. The summed E-state index contributed by atoms with van der Waals surface area (Å²) in [6.45, 7) is 3.21. The van der Waals surface area contributed by atoms with E-state index in [1.54, 1.807) is 23.5 Å². The molecular weight excluding hydrogens is 296 g/mol. The summed E-state index contributed by atoms with van der Waals surface area (Å²) in [6.07, 6.45) is 0.0966. The van der Waals surface area contributed by atoms with Crippen LogP contribution < -0.4 is 9.47 Å². The van der Waals surface area contributed by atoms with E-state index in [1.807, 2.05) is 17.7 Å². The number of benzene rings is 1. The Hall–Kier alpha value is -1.23. The lowest BCUT2D eigenvalue weighted by molar-refractivity contribution is 0.219. The van der Waals surface area contributed by atoms with E-state index in [1.165, 1.54) is 0 Å². The summed E-state index contributed by atoms with van der Waals surface area (Å²) in [5.74, 6) is 1.29. The molecule has 0 fully saturated rings. The van der Waals surface area contributed by atoms with Crippen molar-refractivity contribution < 1.29 is 14.6 Å². The van der Waals surface area contributed by atoms with Crippen LogP contribution in [-0.2, 0) is 0 Å². The predicted octanol–water partition coefficient (Wildman–Crippen LogP) is 3.95. The summed E-state index contributed by atoms with van der Waals surface area (Å²) in [7, 11) is 0. The first kappa shape index (κ1) is 13.7. The molecule has 2 heterocycles. The number of aliphatic hydroxyl groups excluding tert-OH is 1. The largest absolute Gasteiger partial charge is 0.490 e. The maximum absolute atomic E-state index is 10.5. The molecule has 0 aliphatic carbocycles. The molecule has 3 nitrogen and oxygen atoms in total. The van der Waals surface area contributed by atoms with E-state index in [4.69, 9.17) is 21.1 Å². The average Bonchev–Trinajstić information content (AvgIpc) is 2.72. The smallest absolute Gasteiger partial charge is 0.162 e. The Balaban J connectivity index is 2.01. The summed E-state index contributed by atoms with van der Waals surface area (Å²) < 4.78 is 11.2. The molecule has 1 atom stereocenters. The first-order valence-electron chi connectivity index (χ1n) is 6.46. The fourth-order valence-corrected chi connectivity index (χ4v) is 3.35. The second-order valence-electron chi connectivity index (χ2n) is 4.78. The number of thiophene rings is 1. The van der Waals surface area contributed by atoms with Crippen molar-refractivity contribution in [3.63, 3.8) is 0 Å². The van der Waals surface area contributed by atoms with Crippen molar-refractivity contribution in [1.82, 2.24) is 0 Å². The highest BCUT2D eigenvalue weighted by Gasteiger charge is 2.21. The van der Waals surface area contributed by atoms with Gasteiger partial charge in [-0.3, -0.25) is 0 Å². The molecule has 1 N–H and O–H groups in total. The van der Waals surface area contributed by atoms with E-state index in [9.17, 15) is 5.11 Å². The molecule has 1 aromatic heterocycles. The van der Waals surface area contributed by atoms with E-state index in [0.717, 1.165) is 17.5 Å². The lowest BCUT2D eigenvalue weighted by Gasteiger charge is -2.16. The molecule has 1 aliphatic rings. The molecule has 0 saturated carbocycles. The zero-order valence-electron chi connectivity index (χ0n) is 11.1. The number of hydrogen-bond donors (Lipinski definition) is 1. The van der Waals surface area contributed by atoms with Gasteiger partial charge in [0.25, 0.3) is 0 Å². The average molecular weight is 311 g/mol. The zero-order chi connectivity index (χ0) is 14.1. The summed E-state index contributed by atoms with van der Waals surface area (Å²) in [5.41, 5.74) is 2.59. The van der Waals surface area contributed by atoms with Crippen LogP contribution in [0, 0.1) is 6.92 Å². The quantitative estimate of drug-likeness (QED) is 0.912. The van der Waals surface area contributed by atoms with Crippen molar-refractivity contribution in [2.24, 2.45) is 0 Å². The molecule has 20 heavy (non-hydrogen) atoms. The minimum Gasteiger partial charge on any atom is -0.490 e. The standard InChI is InChI=1S/C15H15ClO3S/c1-9-7-20-8-11(9)15(17)10-5-13-14(6-12(10)16)19-4-2-3-18-13/h5-8,15,17H,2-4H2,1H3. The Bertz CT molecular complexity index is 624. The minimum atomic E-state index is -0.745. The molecule has 0 amide bonds. The van der Waals surface area contributed by atoms with Gasteiger partial charge < -0.3 is 14.6 Å². The summed E-state index contributed by atoms with van der Waals surface area (Å²) in [6, 6.07) is 3.51. The minimum absolute atomic E-state index is 0.493. The number of aryl methyl sites for hydroxylation is 1. The van der Waals surface area contributed by atoms with Crippen LogP contribution in [-0.4, -0.2) is 18.3 Å². The molecular formula is C15H15ClO3S. The Morgan fingerprint density at radius 1 is 1.15 bits per heavy atom. The molecule has 106 valence electrons. The molecule has 0 bridgehead atoms. The van der Waals surface area contributed by atoms with Gasteiger partial charge in [-0.05, 0) is 34.9 Å². The van der Waals surface area contributed by atoms with E-state index >= 15 is 0 Å². The Labute approximate surface area is 126 Å². The molecule has 0 saturated heterocycles. The second-order valence-corrected chi connectivity index (χ2v) is 5.93. The van der Waals surface area contributed by atoms with Crippen LogP contribution in [0.15, 0.2) is 22.9 Å². The number of ether oxygens (including phenoxy) is 2. The van der Waals surface area contributed by atoms with Gasteiger partial charge in [0.05, 0.1) is 18.2 Å². The van der Waals surface area contributed by atoms with E-state index < -0.39 is 6.10 Å². The van der Waals surface area contributed by atoms with Crippen LogP contribution >= 0.6 is 22.9 Å². The van der Waals surface area contributed by atoms with Crippen LogP contribution in [0.2, 0.25) is 5.02 Å². The van der Waals surface area contributed by atoms with Crippen molar-refractivity contribution in [1.29, 1.82) is 0 Å². The van der Waals surface area contributed by atoms with Crippen LogP contribution in [0.4, 0.5) is 0 Å². The molecule has 1 aliphatic heterocycles. The summed E-state index contributed by atoms with van der Waals surface area (Å²) in [5, 5.41) is 15.0. The zero-order valence-corrected chi connectivity index (χ0v) is 12.6. The number of aliphatic hydroxyl groups is 1. The van der Waals surface area contributed by atoms with Crippen molar-refractivity contribution in [2.45, 2.75) is 19.4 Å². The third kappa shape index (κ3) is 2.51. The highest BCUT2D eigenvalue weighted by Crippen LogP contribution is 2.39. The monoisotopic (exact) mass is 310 g/mol. The van der Waals surface area contributed by atoms with Gasteiger partial charge >= 0.3 is 0 Å². The number of hydrogen-bond acceptors (Lipinski definition) is 4. The highest BCUT2D eigenvalue weighted by atomic mass is 35.5. The van der Waals surface area contributed by atoms with Crippen LogP contribution in [0.3, 0.4) is 0 Å². The van der Waals surface area contributed by atoms with Crippen LogP contribution in [0.1, 0.15) is 29.2 Å². The Kier molecular flexibility index (Phi) is 3.87. The number of fused-ring (bicyclic) bond motifs is 1. The SMILES string of the molecule is Cc1cscc1C(O)c1cc2c(cc1Cl)OCCCO2. The van der Waals surface area contributed by atoms with Gasteiger partial charge in [0.1, 0.15) is 6.10 Å². The van der Waals surface area contributed by atoms with E-state index in [2.05, 4.69) is 0 Å². The molecule has 2 aromatic rings. The van der Waals surface area contributed by atoms with Crippen molar-refractivity contribution >= 4 is 22.9 Å². The van der Waals surface area contributed by atoms with Gasteiger partial charge in [0.2, 0.25) is 0 Å². The normalized spacial score (nSPS) is 15.8. The topological polar surface area (TPSA) is 38.7 Å². The van der Waals surface area contributed by atoms with Crippen molar-refractivity contribution in [2.75, 3.05) is 13.2 Å². The molecule has 3 rings (SSSR count). The van der Waals surface area contributed by atoms with Gasteiger partial charge in [-0.15, -0.1) is 0 Å². The highest BCUT2D eigenvalue weighted by molar-refractivity contribution is 7.08. The van der Waals surface area contributed by atoms with E-state index in [-0.39, 0.29) is 0 Å². The molecule has 0 spiro atoms. The summed E-state index contributed by atoms with van der Waals surface area (Å²) >= 11 is 7.85. The third-order valence-electron chi connectivity index (χ3n) is 3.35. The molecule has 1 unspecified atom stereocenters. The maximum Gasteiger partial charge on any atom is 0.162 e. The van der Waals surface area contributed by atoms with E-state index in [0.29, 0.717) is 35.3 Å². The van der Waals surface area contributed by atoms with Crippen molar-refractivity contribution in [3.05, 3.63) is 44.6 Å². The Morgan fingerprint density at radius 3 is 2.50 bits per heavy atom. The fourth-order valence-electron chi connectivity index (χ4n) is 2.23. The molecule has 1 aromatic carbocycles. The lowest BCUT2D eigenvalue weighted by atomic mass is 10.0. The molecule has 5 heteroatoms. The maximum atomic E-state index is 10.5. The summed E-state index contributed by atoms with van der Waals surface area (Å²) in [4.78, 5) is 0. The van der Waals surface area contributed by atoms with Crippen LogP contribution in [0.5, 0.6) is 11.5 Å².